The van der Waals surface area contributed by atoms with Crippen molar-refractivity contribution in [2.24, 2.45) is 0 Å². The number of hydrogen-bond acceptors (Lipinski definition) is 3. The Morgan fingerprint density at radius 2 is 1.02 bits per heavy atom. The van der Waals surface area contributed by atoms with Gasteiger partial charge in [0.1, 0.15) is 0 Å². The summed E-state index contributed by atoms with van der Waals surface area (Å²) in [5, 5.41) is 7.91. The maximum atomic E-state index is 2.46. The first-order valence-electron chi connectivity index (χ1n) is 15.8. The molecule has 1 aliphatic rings. The standard InChI is InChI=1S/C43H29NS2/c1-43(2)37-12-6-3-9-31(37)32-21-17-28(24-38(32)43)44(29-18-22-35-33-10-4-7-13-39(33)45-41(35)25-29)27-16-20-30-26(23-27)15-19-36-34-11-5-8-14-40(34)46-42(30)36/h3-25H,1-2H3. The van der Waals surface area contributed by atoms with Crippen molar-refractivity contribution in [3.63, 3.8) is 0 Å². The minimum absolute atomic E-state index is 0.0702. The van der Waals surface area contributed by atoms with Gasteiger partial charge in [0.15, 0.2) is 0 Å². The van der Waals surface area contributed by atoms with E-state index in [1.807, 2.05) is 22.7 Å². The van der Waals surface area contributed by atoms with Crippen molar-refractivity contribution in [1.82, 2.24) is 0 Å². The van der Waals surface area contributed by atoms with Crippen molar-refractivity contribution >= 4 is 90.9 Å². The Kier molecular flexibility index (Phi) is 5.44. The summed E-state index contributed by atoms with van der Waals surface area (Å²) in [4.78, 5) is 2.46. The number of nitrogens with zero attached hydrogens (tertiary/aromatic N) is 1. The second-order valence-electron chi connectivity index (χ2n) is 13.0. The molecule has 3 heteroatoms. The van der Waals surface area contributed by atoms with Gasteiger partial charge in [-0.1, -0.05) is 105 Å². The highest BCUT2D eigenvalue weighted by Gasteiger charge is 2.35. The quantitative estimate of drug-likeness (QED) is 0.189. The van der Waals surface area contributed by atoms with Crippen LogP contribution in [0.3, 0.4) is 0 Å². The zero-order chi connectivity index (χ0) is 30.6. The van der Waals surface area contributed by atoms with Crippen molar-refractivity contribution in [3.8, 4) is 11.1 Å². The van der Waals surface area contributed by atoms with Gasteiger partial charge in [-0.15, -0.1) is 22.7 Å². The first-order chi connectivity index (χ1) is 22.5. The molecule has 7 aromatic carbocycles. The number of benzene rings is 7. The number of rotatable bonds is 3. The molecule has 0 radical (unpaired) electrons. The Bertz CT molecular complexity index is 2690. The molecule has 46 heavy (non-hydrogen) atoms. The average molecular weight is 624 g/mol. The van der Waals surface area contributed by atoms with E-state index in [1.165, 1.54) is 90.4 Å². The smallest absolute Gasteiger partial charge is 0.0476 e. The average Bonchev–Trinajstić information content (AvgIpc) is 3.73. The molecule has 0 bridgehead atoms. The lowest BCUT2D eigenvalue weighted by Gasteiger charge is -2.28. The highest BCUT2D eigenvalue weighted by molar-refractivity contribution is 7.26. The van der Waals surface area contributed by atoms with Crippen molar-refractivity contribution in [2.75, 3.05) is 4.90 Å². The first kappa shape index (κ1) is 26.3. The Morgan fingerprint density at radius 1 is 0.435 bits per heavy atom. The Hall–Kier alpha value is -4.96. The highest BCUT2D eigenvalue weighted by Crippen LogP contribution is 2.51. The van der Waals surface area contributed by atoms with E-state index in [2.05, 4.69) is 158 Å². The van der Waals surface area contributed by atoms with Gasteiger partial charge in [0.25, 0.3) is 0 Å². The Morgan fingerprint density at radius 3 is 1.87 bits per heavy atom. The molecule has 0 unspecified atom stereocenters. The van der Waals surface area contributed by atoms with Gasteiger partial charge in [-0.25, -0.2) is 0 Å². The van der Waals surface area contributed by atoms with E-state index in [1.54, 1.807) is 0 Å². The summed E-state index contributed by atoms with van der Waals surface area (Å²) < 4.78 is 5.34. The molecule has 9 aromatic rings. The van der Waals surface area contributed by atoms with Gasteiger partial charge < -0.3 is 4.90 Å². The van der Waals surface area contributed by atoms with E-state index in [-0.39, 0.29) is 5.41 Å². The van der Waals surface area contributed by atoms with Crippen LogP contribution in [-0.4, -0.2) is 0 Å². The molecular formula is C43H29NS2. The van der Waals surface area contributed by atoms with E-state index in [9.17, 15) is 0 Å². The van der Waals surface area contributed by atoms with Gasteiger partial charge in [-0.3, -0.25) is 0 Å². The molecule has 0 fully saturated rings. The van der Waals surface area contributed by atoms with Crippen molar-refractivity contribution in [1.29, 1.82) is 0 Å². The predicted octanol–water partition coefficient (Wildman–Crippen LogP) is 13.4. The van der Waals surface area contributed by atoms with E-state index >= 15 is 0 Å². The van der Waals surface area contributed by atoms with Crippen LogP contribution in [0.5, 0.6) is 0 Å². The van der Waals surface area contributed by atoms with Gasteiger partial charge in [0.2, 0.25) is 0 Å². The molecule has 0 saturated heterocycles. The van der Waals surface area contributed by atoms with E-state index < -0.39 is 0 Å². The molecule has 2 aromatic heterocycles. The molecule has 0 N–H and O–H groups in total. The van der Waals surface area contributed by atoms with Crippen LogP contribution >= 0.6 is 22.7 Å². The lowest BCUT2D eigenvalue weighted by atomic mass is 9.82. The lowest BCUT2D eigenvalue weighted by Crippen LogP contribution is -2.16. The molecular weight excluding hydrogens is 595 g/mol. The van der Waals surface area contributed by atoms with Crippen LogP contribution in [0.4, 0.5) is 17.1 Å². The predicted molar refractivity (Wildman–Crippen MR) is 202 cm³/mol. The SMILES string of the molecule is CC1(C)c2ccccc2-c2ccc(N(c3ccc4c(ccc5c6ccccc6sc45)c3)c3ccc4c(c3)sc3ccccc34)cc21. The third-order valence-electron chi connectivity index (χ3n) is 10.0. The van der Waals surface area contributed by atoms with E-state index in [4.69, 9.17) is 0 Å². The van der Waals surface area contributed by atoms with Gasteiger partial charge in [-0.05, 0) is 81.6 Å². The van der Waals surface area contributed by atoms with Crippen molar-refractivity contribution in [2.45, 2.75) is 19.3 Å². The van der Waals surface area contributed by atoms with Crippen LogP contribution in [-0.2, 0) is 5.41 Å². The van der Waals surface area contributed by atoms with Crippen LogP contribution < -0.4 is 4.90 Å². The van der Waals surface area contributed by atoms with Gasteiger partial charge >= 0.3 is 0 Å². The number of thiophene rings is 2. The Balaban J connectivity index is 1.19. The van der Waals surface area contributed by atoms with Crippen molar-refractivity contribution < 1.29 is 0 Å². The fraction of sp³-hybridized carbons (Fsp3) is 0.0698. The van der Waals surface area contributed by atoms with Gasteiger partial charge in [-0.2, -0.15) is 0 Å². The van der Waals surface area contributed by atoms with Crippen LogP contribution in [0.1, 0.15) is 25.0 Å². The van der Waals surface area contributed by atoms with Crippen LogP contribution in [0, 0.1) is 0 Å². The Labute approximate surface area is 275 Å². The molecule has 0 atom stereocenters. The van der Waals surface area contributed by atoms with Crippen molar-refractivity contribution in [3.05, 3.63) is 151 Å². The van der Waals surface area contributed by atoms with Crippen LogP contribution in [0.15, 0.2) is 140 Å². The number of hydrogen-bond donors (Lipinski definition) is 0. The maximum absolute atomic E-state index is 2.46. The second kappa shape index (κ2) is 9.53. The largest absolute Gasteiger partial charge is 0.310 e. The van der Waals surface area contributed by atoms with Crippen LogP contribution in [0.2, 0.25) is 0 Å². The molecule has 0 amide bonds. The molecule has 2 heterocycles. The molecule has 0 saturated carbocycles. The fourth-order valence-electron chi connectivity index (χ4n) is 7.77. The minimum Gasteiger partial charge on any atom is -0.310 e. The second-order valence-corrected chi connectivity index (χ2v) is 15.1. The van der Waals surface area contributed by atoms with Gasteiger partial charge in [0, 0.05) is 62.8 Å². The third kappa shape index (κ3) is 3.67. The topological polar surface area (TPSA) is 3.24 Å². The maximum Gasteiger partial charge on any atom is 0.0476 e. The molecule has 0 aliphatic heterocycles. The minimum atomic E-state index is -0.0702. The molecule has 218 valence electrons. The molecule has 0 spiro atoms. The van der Waals surface area contributed by atoms with E-state index in [0.29, 0.717) is 0 Å². The normalized spacial score (nSPS) is 13.6. The molecule has 1 nitrogen and oxygen atoms in total. The lowest BCUT2D eigenvalue weighted by molar-refractivity contribution is 0.660. The van der Waals surface area contributed by atoms with E-state index in [0.717, 1.165) is 0 Å². The first-order valence-corrected chi connectivity index (χ1v) is 17.5. The highest BCUT2D eigenvalue weighted by atomic mass is 32.1. The zero-order valence-corrected chi connectivity index (χ0v) is 27.2. The summed E-state index contributed by atoms with van der Waals surface area (Å²) in [6, 6.07) is 52.1. The van der Waals surface area contributed by atoms with Gasteiger partial charge in [0.05, 0.1) is 0 Å². The summed E-state index contributed by atoms with van der Waals surface area (Å²) in [6.07, 6.45) is 0. The molecule has 1 aliphatic carbocycles. The number of fused-ring (bicyclic) bond motifs is 11. The third-order valence-corrected chi connectivity index (χ3v) is 12.4. The zero-order valence-electron chi connectivity index (χ0n) is 25.5. The summed E-state index contributed by atoms with van der Waals surface area (Å²) in [5.74, 6) is 0. The monoisotopic (exact) mass is 623 g/mol. The fourth-order valence-corrected chi connectivity index (χ4v) is 10.1. The molecule has 10 rings (SSSR count). The summed E-state index contributed by atoms with van der Waals surface area (Å²) in [5.41, 5.74) is 8.93. The summed E-state index contributed by atoms with van der Waals surface area (Å²) in [7, 11) is 0. The summed E-state index contributed by atoms with van der Waals surface area (Å²) >= 11 is 3.77. The van der Waals surface area contributed by atoms with Crippen LogP contribution in [0.25, 0.3) is 62.2 Å². The summed E-state index contributed by atoms with van der Waals surface area (Å²) in [6.45, 7) is 4.72. The number of anilines is 3.